The highest BCUT2D eigenvalue weighted by atomic mass is 16.6. The molecule has 0 aliphatic carbocycles. The highest BCUT2D eigenvalue weighted by molar-refractivity contribution is 6.22. The van der Waals surface area contributed by atoms with Crippen molar-refractivity contribution in [2.75, 3.05) is 0 Å². The molecule has 234 valence electrons. The molecule has 0 saturated carbocycles. The van der Waals surface area contributed by atoms with Gasteiger partial charge in [0.05, 0.1) is 0 Å². The minimum atomic E-state index is 0.720. The van der Waals surface area contributed by atoms with Crippen LogP contribution in [0.5, 0.6) is 23.0 Å². The summed E-state index contributed by atoms with van der Waals surface area (Å²) in [4.78, 5) is 0. The van der Waals surface area contributed by atoms with E-state index in [4.69, 9.17) is 9.47 Å². The Morgan fingerprint density at radius 3 is 1.36 bits per heavy atom. The van der Waals surface area contributed by atoms with E-state index in [1.54, 1.807) is 0 Å². The van der Waals surface area contributed by atoms with Crippen LogP contribution in [0.25, 0.3) is 76.8 Å². The maximum atomic E-state index is 6.40. The average molecular weight is 639 g/mol. The molecule has 0 bridgehead atoms. The number of hydrogen-bond acceptors (Lipinski definition) is 2. The fourth-order valence-electron chi connectivity index (χ4n) is 7.58. The number of fused-ring (bicyclic) bond motifs is 5. The molecule has 0 amide bonds. The minimum absolute atomic E-state index is 0.720. The van der Waals surface area contributed by atoms with Gasteiger partial charge in [-0.2, -0.15) is 0 Å². The quantitative estimate of drug-likeness (QED) is 0.179. The Labute approximate surface area is 290 Å². The highest BCUT2D eigenvalue weighted by Crippen LogP contribution is 2.49. The molecule has 9 aromatic carbocycles. The zero-order valence-electron chi connectivity index (χ0n) is 27.1. The van der Waals surface area contributed by atoms with Gasteiger partial charge in [-0.1, -0.05) is 158 Å². The Kier molecular flexibility index (Phi) is 6.53. The van der Waals surface area contributed by atoms with Gasteiger partial charge in [0.1, 0.15) is 0 Å². The van der Waals surface area contributed by atoms with Crippen molar-refractivity contribution < 1.29 is 9.47 Å². The summed E-state index contributed by atoms with van der Waals surface area (Å²) in [5, 5.41) is 7.22. The Balaban J connectivity index is 1.07. The summed E-state index contributed by atoms with van der Waals surface area (Å²) in [5.74, 6) is 2.91. The lowest BCUT2D eigenvalue weighted by Crippen LogP contribution is -1.99. The lowest BCUT2D eigenvalue weighted by atomic mass is 9.83. The van der Waals surface area contributed by atoms with E-state index in [2.05, 4.69) is 158 Å². The maximum absolute atomic E-state index is 6.40. The Bertz CT molecular complexity index is 2690. The average Bonchev–Trinajstić information content (AvgIpc) is 3.18. The van der Waals surface area contributed by atoms with E-state index >= 15 is 0 Å². The number of benzene rings is 9. The van der Waals surface area contributed by atoms with E-state index in [1.807, 2.05) is 24.3 Å². The summed E-state index contributed by atoms with van der Waals surface area (Å²) < 4.78 is 12.7. The highest BCUT2D eigenvalue weighted by Gasteiger charge is 2.21. The van der Waals surface area contributed by atoms with E-state index in [0.717, 1.165) is 44.9 Å². The Morgan fingerprint density at radius 1 is 0.260 bits per heavy atom. The summed E-state index contributed by atoms with van der Waals surface area (Å²) in [6.07, 6.45) is 0. The number of ether oxygens (including phenoxy) is 2. The Hall–Kier alpha value is -6.64. The molecule has 0 atom stereocenters. The SMILES string of the molecule is c1ccc(-c2ccccc2-c2c3ccccc3c(-c3ccc(-c4ccc5c(c4)Oc4cc6ccccc6cc4O5)cc3)c3ccccc23)cc1. The van der Waals surface area contributed by atoms with Crippen molar-refractivity contribution >= 4 is 32.3 Å². The molecule has 0 N–H and O–H groups in total. The third-order valence-electron chi connectivity index (χ3n) is 9.92. The van der Waals surface area contributed by atoms with Gasteiger partial charge >= 0.3 is 0 Å². The zero-order valence-corrected chi connectivity index (χ0v) is 27.1. The van der Waals surface area contributed by atoms with Crippen LogP contribution < -0.4 is 9.47 Å². The van der Waals surface area contributed by atoms with E-state index < -0.39 is 0 Å². The third-order valence-corrected chi connectivity index (χ3v) is 9.92. The van der Waals surface area contributed by atoms with Crippen molar-refractivity contribution in [3.63, 3.8) is 0 Å². The van der Waals surface area contributed by atoms with Gasteiger partial charge in [-0.3, -0.25) is 0 Å². The normalized spacial score (nSPS) is 11.9. The van der Waals surface area contributed by atoms with Gasteiger partial charge in [0.15, 0.2) is 23.0 Å². The lowest BCUT2D eigenvalue weighted by molar-refractivity contribution is 0.360. The van der Waals surface area contributed by atoms with Crippen LogP contribution in [0.4, 0.5) is 0 Å². The van der Waals surface area contributed by atoms with E-state index in [-0.39, 0.29) is 0 Å². The molecule has 50 heavy (non-hydrogen) atoms. The van der Waals surface area contributed by atoms with Crippen molar-refractivity contribution in [1.29, 1.82) is 0 Å². The first-order valence-corrected chi connectivity index (χ1v) is 17.0. The zero-order chi connectivity index (χ0) is 33.0. The molecule has 1 aliphatic heterocycles. The predicted molar refractivity (Wildman–Crippen MR) is 207 cm³/mol. The fraction of sp³-hybridized carbons (Fsp3) is 0. The smallest absolute Gasteiger partial charge is 0.170 e. The van der Waals surface area contributed by atoms with Crippen LogP contribution in [0.2, 0.25) is 0 Å². The summed E-state index contributed by atoms with van der Waals surface area (Å²) in [7, 11) is 0. The molecule has 0 unspecified atom stereocenters. The second-order valence-corrected chi connectivity index (χ2v) is 12.8. The largest absolute Gasteiger partial charge is 0.449 e. The van der Waals surface area contributed by atoms with Crippen LogP contribution in [-0.2, 0) is 0 Å². The predicted octanol–water partition coefficient (Wildman–Crippen LogP) is 13.7. The molecule has 0 fully saturated rings. The van der Waals surface area contributed by atoms with Crippen molar-refractivity contribution in [2.24, 2.45) is 0 Å². The monoisotopic (exact) mass is 638 g/mol. The van der Waals surface area contributed by atoms with Gasteiger partial charge in [0.25, 0.3) is 0 Å². The molecule has 0 radical (unpaired) electrons. The molecule has 2 heteroatoms. The topological polar surface area (TPSA) is 18.5 Å². The second-order valence-electron chi connectivity index (χ2n) is 12.8. The summed E-state index contributed by atoms with van der Waals surface area (Å²) in [6, 6.07) is 64.6. The first kappa shape index (κ1) is 28.4. The van der Waals surface area contributed by atoms with Crippen LogP contribution in [0.1, 0.15) is 0 Å². The van der Waals surface area contributed by atoms with Gasteiger partial charge in [-0.15, -0.1) is 0 Å². The van der Waals surface area contributed by atoms with Crippen molar-refractivity contribution in [3.05, 3.63) is 182 Å². The molecular weight excluding hydrogens is 609 g/mol. The van der Waals surface area contributed by atoms with E-state index in [1.165, 1.54) is 54.9 Å². The van der Waals surface area contributed by atoms with Crippen molar-refractivity contribution in [3.8, 4) is 67.5 Å². The van der Waals surface area contributed by atoms with Crippen molar-refractivity contribution in [2.45, 2.75) is 0 Å². The van der Waals surface area contributed by atoms with Crippen LogP contribution in [0.3, 0.4) is 0 Å². The third kappa shape index (κ3) is 4.65. The van der Waals surface area contributed by atoms with Gasteiger partial charge in [0.2, 0.25) is 0 Å². The standard InChI is InChI=1S/C48H30O2/c1-2-12-32(13-3-1)37-16-6-7-17-38(37)48-41-20-10-8-18-39(41)47(40-19-9-11-21-42(40)48)33-24-22-31(23-25-33)36-26-27-43-44(30-36)50-46-29-35-15-5-4-14-34(35)28-45(46)49-43/h1-30H. The molecule has 1 aliphatic rings. The lowest BCUT2D eigenvalue weighted by Gasteiger charge is -2.22. The van der Waals surface area contributed by atoms with E-state index in [9.17, 15) is 0 Å². The first-order valence-electron chi connectivity index (χ1n) is 17.0. The minimum Gasteiger partial charge on any atom is -0.449 e. The van der Waals surface area contributed by atoms with Crippen LogP contribution in [0, 0.1) is 0 Å². The molecule has 1 heterocycles. The van der Waals surface area contributed by atoms with Crippen LogP contribution in [0.15, 0.2) is 182 Å². The van der Waals surface area contributed by atoms with Gasteiger partial charge < -0.3 is 9.47 Å². The first-order chi connectivity index (χ1) is 24.8. The van der Waals surface area contributed by atoms with E-state index in [0.29, 0.717) is 0 Å². The molecule has 10 rings (SSSR count). The number of hydrogen-bond donors (Lipinski definition) is 0. The maximum Gasteiger partial charge on any atom is 0.170 e. The molecule has 2 nitrogen and oxygen atoms in total. The molecular formula is C48H30O2. The van der Waals surface area contributed by atoms with Crippen LogP contribution in [-0.4, -0.2) is 0 Å². The van der Waals surface area contributed by atoms with Crippen LogP contribution >= 0.6 is 0 Å². The molecule has 0 saturated heterocycles. The number of rotatable bonds is 4. The second kappa shape index (κ2) is 11.5. The molecule has 9 aromatic rings. The Morgan fingerprint density at radius 2 is 0.720 bits per heavy atom. The fourth-order valence-corrected chi connectivity index (χ4v) is 7.58. The molecule has 0 aromatic heterocycles. The van der Waals surface area contributed by atoms with Gasteiger partial charge in [-0.25, -0.2) is 0 Å². The van der Waals surface area contributed by atoms with Crippen molar-refractivity contribution in [1.82, 2.24) is 0 Å². The summed E-state index contributed by atoms with van der Waals surface area (Å²) in [6.45, 7) is 0. The van der Waals surface area contributed by atoms with Gasteiger partial charge in [-0.05, 0) is 101 Å². The molecule has 0 spiro atoms. The summed E-state index contributed by atoms with van der Waals surface area (Å²) >= 11 is 0. The van der Waals surface area contributed by atoms with Gasteiger partial charge in [0, 0.05) is 0 Å². The summed E-state index contributed by atoms with van der Waals surface area (Å²) in [5.41, 5.74) is 9.57.